The first kappa shape index (κ1) is 30.7. The summed E-state index contributed by atoms with van der Waals surface area (Å²) in [4.78, 5) is 32.3. The van der Waals surface area contributed by atoms with Gasteiger partial charge in [0.25, 0.3) is 5.56 Å². The van der Waals surface area contributed by atoms with Crippen molar-refractivity contribution < 1.29 is 28.5 Å². The van der Waals surface area contributed by atoms with Crippen LogP contribution in [0.5, 0.6) is 23.0 Å². The van der Waals surface area contributed by atoms with E-state index in [1.165, 1.54) is 37.2 Å². The minimum Gasteiger partial charge on any atom is -0.493 e. The Morgan fingerprint density at radius 1 is 1.12 bits per heavy atom. The molecule has 0 N–H and O–H groups in total. The highest BCUT2D eigenvalue weighted by Gasteiger charge is 2.35. The quantitative estimate of drug-likeness (QED) is 0.296. The van der Waals surface area contributed by atoms with E-state index in [9.17, 15) is 9.59 Å². The number of benzene rings is 2. The Morgan fingerprint density at radius 3 is 2.39 bits per heavy atom. The molecular weight excluding hydrogens is 636 g/mol. The Balaban J connectivity index is 1.97. The van der Waals surface area contributed by atoms with Gasteiger partial charge in [0.2, 0.25) is 0 Å². The molecular formula is C29H30BrClN2O7S. The summed E-state index contributed by atoms with van der Waals surface area (Å²) in [6, 6.07) is 6.08. The first-order chi connectivity index (χ1) is 19.5. The molecule has 12 heteroatoms. The number of ether oxygens (including phenoxy) is 5. The number of hydrogen-bond acceptors (Lipinski definition) is 9. The third-order valence-electron chi connectivity index (χ3n) is 6.22. The molecule has 0 amide bonds. The molecule has 2 heterocycles. The molecule has 0 radical (unpaired) electrons. The summed E-state index contributed by atoms with van der Waals surface area (Å²) in [6.45, 7) is 7.40. The molecule has 1 aliphatic heterocycles. The largest absolute Gasteiger partial charge is 0.493 e. The summed E-state index contributed by atoms with van der Waals surface area (Å²) in [5.41, 5.74) is 1.60. The van der Waals surface area contributed by atoms with Crippen LogP contribution in [0.1, 0.15) is 44.9 Å². The maximum absolute atomic E-state index is 14.0. The molecule has 0 saturated heterocycles. The van der Waals surface area contributed by atoms with Gasteiger partial charge in [-0.15, -0.1) is 0 Å². The number of aromatic nitrogens is 1. The normalized spacial score (nSPS) is 15.0. The highest BCUT2D eigenvalue weighted by Crippen LogP contribution is 2.41. The molecule has 1 aromatic heterocycles. The number of nitrogens with zero attached hydrogens (tertiary/aromatic N) is 2. The average Bonchev–Trinajstić information content (AvgIpc) is 3.22. The van der Waals surface area contributed by atoms with E-state index in [1.807, 2.05) is 13.8 Å². The maximum Gasteiger partial charge on any atom is 0.338 e. The van der Waals surface area contributed by atoms with Gasteiger partial charge in [0.1, 0.15) is 0 Å². The van der Waals surface area contributed by atoms with Gasteiger partial charge in [0.05, 0.1) is 60.9 Å². The van der Waals surface area contributed by atoms with Crippen LogP contribution in [0.15, 0.2) is 49.8 Å². The van der Waals surface area contributed by atoms with Crippen LogP contribution in [0.25, 0.3) is 6.08 Å². The van der Waals surface area contributed by atoms with Gasteiger partial charge in [-0.25, -0.2) is 9.79 Å². The zero-order valence-corrected chi connectivity index (χ0v) is 26.8. The van der Waals surface area contributed by atoms with Gasteiger partial charge >= 0.3 is 5.97 Å². The second-order valence-electron chi connectivity index (χ2n) is 9.23. The minimum atomic E-state index is -0.846. The lowest BCUT2D eigenvalue weighted by Gasteiger charge is -2.26. The standard InChI is InChI=1S/C29H30BrClN2O7S/c1-8-39-28(35)24-15(4)32-29-33(25(24)17-12-20(36-5)21(37-6)13-18(17)30)27(34)23(41-29)11-16-9-19(31)26(40-14(2)3)22(10-16)38-7/h9-14,25H,8H2,1-7H3/b23-11-/t25-/m0/s1. The number of halogens is 2. The molecule has 1 aliphatic rings. The summed E-state index contributed by atoms with van der Waals surface area (Å²) >= 11 is 11.3. The minimum absolute atomic E-state index is 0.108. The summed E-state index contributed by atoms with van der Waals surface area (Å²) in [7, 11) is 4.58. The van der Waals surface area contributed by atoms with Crippen LogP contribution in [0.4, 0.5) is 0 Å². The molecule has 1 atom stereocenters. The summed E-state index contributed by atoms with van der Waals surface area (Å²) < 4.78 is 30.2. The van der Waals surface area contributed by atoms with E-state index in [-0.39, 0.29) is 23.8 Å². The molecule has 0 saturated carbocycles. The number of esters is 1. The third kappa shape index (κ3) is 6.02. The van der Waals surface area contributed by atoms with Crippen molar-refractivity contribution in [2.24, 2.45) is 4.99 Å². The predicted molar refractivity (Wildman–Crippen MR) is 161 cm³/mol. The summed E-state index contributed by atoms with van der Waals surface area (Å²) in [5, 5.41) is 0.352. The van der Waals surface area contributed by atoms with E-state index in [0.717, 1.165) is 0 Å². The van der Waals surface area contributed by atoms with Crippen molar-refractivity contribution in [1.82, 2.24) is 4.57 Å². The van der Waals surface area contributed by atoms with E-state index >= 15 is 0 Å². The topological polar surface area (TPSA) is 97.6 Å². The highest BCUT2D eigenvalue weighted by molar-refractivity contribution is 9.10. The van der Waals surface area contributed by atoms with E-state index in [2.05, 4.69) is 20.9 Å². The fourth-order valence-electron chi connectivity index (χ4n) is 4.49. The molecule has 0 fully saturated rings. The zero-order valence-electron chi connectivity index (χ0n) is 23.7. The third-order valence-corrected chi connectivity index (χ3v) is 8.17. The number of carbonyl (C=O) groups is 1. The molecule has 0 bridgehead atoms. The van der Waals surface area contributed by atoms with Crippen LogP contribution in [-0.4, -0.2) is 44.6 Å². The lowest BCUT2D eigenvalue weighted by Crippen LogP contribution is -2.40. The van der Waals surface area contributed by atoms with E-state index in [0.29, 0.717) is 58.7 Å². The summed E-state index contributed by atoms with van der Waals surface area (Å²) in [6.07, 6.45) is 1.60. The van der Waals surface area contributed by atoms with Gasteiger partial charge in [-0.05, 0) is 69.2 Å². The van der Waals surface area contributed by atoms with E-state index in [4.69, 9.17) is 35.3 Å². The number of fused-ring (bicyclic) bond motifs is 1. The average molecular weight is 666 g/mol. The molecule has 218 valence electrons. The Morgan fingerprint density at radius 2 is 1.78 bits per heavy atom. The SMILES string of the molecule is CCOC(=O)C1=C(C)N=c2s/c(=C\c3cc(Cl)c(OC(C)C)c(OC)c3)c(=O)n2[C@H]1c1cc(OC)c(OC)cc1Br. The van der Waals surface area contributed by atoms with E-state index in [1.54, 1.807) is 44.2 Å². The van der Waals surface area contributed by atoms with Crippen molar-refractivity contribution in [2.45, 2.75) is 39.8 Å². The van der Waals surface area contributed by atoms with Crippen LogP contribution in [0.3, 0.4) is 0 Å². The van der Waals surface area contributed by atoms with Crippen LogP contribution in [0.2, 0.25) is 5.02 Å². The van der Waals surface area contributed by atoms with Crippen molar-refractivity contribution in [3.05, 3.63) is 75.8 Å². The number of allylic oxidation sites excluding steroid dienone is 1. The van der Waals surface area contributed by atoms with E-state index < -0.39 is 12.0 Å². The molecule has 0 aliphatic carbocycles. The lowest BCUT2D eigenvalue weighted by molar-refractivity contribution is -0.139. The summed E-state index contributed by atoms with van der Waals surface area (Å²) in [5.74, 6) is 1.24. The van der Waals surface area contributed by atoms with Gasteiger partial charge in [-0.2, -0.15) is 0 Å². The molecule has 0 spiro atoms. The second kappa shape index (κ2) is 12.7. The number of rotatable bonds is 9. The van der Waals surface area contributed by atoms with Crippen molar-refractivity contribution in [3.8, 4) is 23.0 Å². The fraction of sp³-hybridized carbons (Fsp3) is 0.345. The predicted octanol–water partition coefficient (Wildman–Crippen LogP) is 5.03. The Hall–Kier alpha value is -3.28. The number of carbonyl (C=O) groups excluding carboxylic acids is 1. The Bertz CT molecular complexity index is 1710. The van der Waals surface area contributed by atoms with Crippen LogP contribution in [-0.2, 0) is 9.53 Å². The monoisotopic (exact) mass is 664 g/mol. The van der Waals surface area contributed by atoms with Crippen molar-refractivity contribution in [2.75, 3.05) is 27.9 Å². The van der Waals surface area contributed by atoms with Crippen molar-refractivity contribution in [1.29, 1.82) is 0 Å². The first-order valence-corrected chi connectivity index (χ1v) is 14.7. The van der Waals surface area contributed by atoms with Gasteiger partial charge < -0.3 is 23.7 Å². The maximum atomic E-state index is 14.0. The molecule has 41 heavy (non-hydrogen) atoms. The van der Waals surface area contributed by atoms with Crippen LogP contribution < -0.4 is 33.8 Å². The number of hydrogen-bond donors (Lipinski definition) is 0. The van der Waals surface area contributed by atoms with Crippen LogP contribution in [0, 0.1) is 0 Å². The second-order valence-corrected chi connectivity index (χ2v) is 11.5. The van der Waals surface area contributed by atoms with Gasteiger partial charge in [-0.1, -0.05) is 38.9 Å². The number of thiazole rings is 1. The number of methoxy groups -OCH3 is 3. The van der Waals surface area contributed by atoms with Crippen molar-refractivity contribution in [3.63, 3.8) is 0 Å². The van der Waals surface area contributed by atoms with Crippen LogP contribution >= 0.6 is 38.9 Å². The zero-order chi connectivity index (χ0) is 30.0. The van der Waals surface area contributed by atoms with Gasteiger partial charge in [0, 0.05) is 4.47 Å². The molecule has 9 nitrogen and oxygen atoms in total. The smallest absolute Gasteiger partial charge is 0.338 e. The Labute approximate surface area is 254 Å². The first-order valence-electron chi connectivity index (χ1n) is 12.7. The Kier molecular flexibility index (Phi) is 9.51. The molecule has 4 rings (SSSR count). The van der Waals surface area contributed by atoms with Gasteiger partial charge in [-0.3, -0.25) is 9.36 Å². The fourth-order valence-corrected chi connectivity index (χ4v) is 6.34. The highest BCUT2D eigenvalue weighted by atomic mass is 79.9. The molecule has 2 aromatic carbocycles. The molecule has 3 aromatic rings. The molecule has 0 unspecified atom stereocenters. The van der Waals surface area contributed by atoms with Crippen molar-refractivity contribution >= 4 is 50.9 Å². The van der Waals surface area contributed by atoms with Gasteiger partial charge in [0.15, 0.2) is 27.8 Å². The lowest BCUT2D eigenvalue weighted by atomic mass is 9.95.